The first kappa shape index (κ1) is 15.7. The van der Waals surface area contributed by atoms with E-state index in [0.717, 1.165) is 26.2 Å². The molecule has 21 heavy (non-hydrogen) atoms. The summed E-state index contributed by atoms with van der Waals surface area (Å²) in [6.45, 7) is 11.8. The molecule has 1 N–H and O–H groups in total. The van der Waals surface area contributed by atoms with E-state index < -0.39 is 5.97 Å². The van der Waals surface area contributed by atoms with E-state index in [2.05, 4.69) is 33.6 Å². The van der Waals surface area contributed by atoms with Crippen LogP contribution in [0.1, 0.15) is 49.9 Å². The van der Waals surface area contributed by atoms with E-state index in [-0.39, 0.29) is 11.6 Å². The smallest absolute Gasteiger partial charge is 0.356 e. The van der Waals surface area contributed by atoms with Gasteiger partial charge in [0.1, 0.15) is 5.82 Å². The topological polar surface area (TPSA) is 69.6 Å². The zero-order valence-corrected chi connectivity index (χ0v) is 13.2. The van der Waals surface area contributed by atoms with Gasteiger partial charge in [-0.05, 0) is 13.5 Å². The van der Waals surface area contributed by atoms with Crippen LogP contribution in [-0.2, 0) is 0 Å². The SMILES string of the molecule is CCN1CCN(c2cnc(C(C)C)nc2C(=O)O)CC1C. The summed E-state index contributed by atoms with van der Waals surface area (Å²) in [5, 5.41) is 9.44. The molecule has 0 radical (unpaired) electrons. The van der Waals surface area contributed by atoms with Crippen LogP contribution in [0, 0.1) is 0 Å². The minimum absolute atomic E-state index is 0.117. The highest BCUT2D eigenvalue weighted by Crippen LogP contribution is 2.23. The number of aromatic carboxylic acids is 1. The molecular weight excluding hydrogens is 268 g/mol. The molecule has 0 aromatic carbocycles. The summed E-state index contributed by atoms with van der Waals surface area (Å²) in [5.41, 5.74) is 0.750. The highest BCUT2D eigenvalue weighted by atomic mass is 16.4. The molecule has 1 aliphatic rings. The van der Waals surface area contributed by atoms with E-state index in [0.29, 0.717) is 17.6 Å². The van der Waals surface area contributed by atoms with E-state index in [1.165, 1.54) is 0 Å². The second kappa shape index (κ2) is 6.39. The molecule has 0 amide bonds. The van der Waals surface area contributed by atoms with E-state index >= 15 is 0 Å². The third kappa shape index (κ3) is 3.32. The van der Waals surface area contributed by atoms with Crippen molar-refractivity contribution in [3.05, 3.63) is 17.7 Å². The molecule has 116 valence electrons. The molecular formula is C15H24N4O2. The molecule has 1 fully saturated rings. The van der Waals surface area contributed by atoms with E-state index in [4.69, 9.17) is 0 Å². The maximum Gasteiger partial charge on any atom is 0.356 e. The van der Waals surface area contributed by atoms with Gasteiger partial charge in [0.25, 0.3) is 0 Å². The second-order valence-electron chi connectivity index (χ2n) is 5.85. The summed E-state index contributed by atoms with van der Waals surface area (Å²) in [6, 6.07) is 0.398. The average Bonchev–Trinajstić information content (AvgIpc) is 2.46. The van der Waals surface area contributed by atoms with E-state index in [9.17, 15) is 9.90 Å². The van der Waals surface area contributed by atoms with Crippen molar-refractivity contribution in [1.29, 1.82) is 0 Å². The highest BCUT2D eigenvalue weighted by Gasteiger charge is 2.26. The summed E-state index contributed by atoms with van der Waals surface area (Å²) in [5.74, 6) is -0.288. The third-order valence-corrected chi connectivity index (χ3v) is 4.02. The average molecular weight is 292 g/mol. The number of hydrogen-bond donors (Lipinski definition) is 1. The Morgan fingerprint density at radius 2 is 2.19 bits per heavy atom. The highest BCUT2D eigenvalue weighted by molar-refractivity contribution is 5.92. The minimum atomic E-state index is -0.986. The van der Waals surface area contributed by atoms with Gasteiger partial charge in [-0.2, -0.15) is 0 Å². The fourth-order valence-corrected chi connectivity index (χ4v) is 2.74. The van der Waals surface area contributed by atoms with Gasteiger partial charge in [-0.25, -0.2) is 14.8 Å². The number of piperazine rings is 1. The van der Waals surface area contributed by atoms with Gasteiger partial charge in [-0.1, -0.05) is 20.8 Å². The predicted molar refractivity (Wildman–Crippen MR) is 82.0 cm³/mol. The van der Waals surface area contributed by atoms with Crippen LogP contribution in [0.25, 0.3) is 0 Å². The molecule has 6 heteroatoms. The molecule has 1 aromatic rings. The lowest BCUT2D eigenvalue weighted by atomic mass is 10.1. The van der Waals surface area contributed by atoms with Gasteiger partial charge in [0, 0.05) is 31.6 Å². The quantitative estimate of drug-likeness (QED) is 0.913. The third-order valence-electron chi connectivity index (χ3n) is 4.02. The first-order valence-corrected chi connectivity index (χ1v) is 7.53. The lowest BCUT2D eigenvalue weighted by molar-refractivity contribution is 0.0690. The summed E-state index contributed by atoms with van der Waals surface area (Å²) in [6.07, 6.45) is 1.67. The molecule has 6 nitrogen and oxygen atoms in total. The number of anilines is 1. The van der Waals surface area contributed by atoms with Crippen LogP contribution in [0.5, 0.6) is 0 Å². The van der Waals surface area contributed by atoms with E-state index in [1.807, 2.05) is 13.8 Å². The van der Waals surface area contributed by atoms with Gasteiger partial charge in [-0.3, -0.25) is 4.90 Å². The Hall–Kier alpha value is -1.69. The van der Waals surface area contributed by atoms with Crippen LogP contribution >= 0.6 is 0 Å². The first-order chi connectivity index (χ1) is 9.93. The van der Waals surface area contributed by atoms with Gasteiger partial charge in [0.15, 0.2) is 5.69 Å². The van der Waals surface area contributed by atoms with Crippen LogP contribution in [-0.4, -0.2) is 58.2 Å². The molecule has 1 atom stereocenters. The molecule has 1 aliphatic heterocycles. The number of carboxylic acids is 1. The fourth-order valence-electron chi connectivity index (χ4n) is 2.74. The van der Waals surface area contributed by atoms with Crippen molar-refractivity contribution < 1.29 is 9.90 Å². The molecule has 2 rings (SSSR count). The lowest BCUT2D eigenvalue weighted by Gasteiger charge is -2.40. The number of rotatable bonds is 4. The lowest BCUT2D eigenvalue weighted by Crippen LogP contribution is -2.52. The predicted octanol–water partition coefficient (Wildman–Crippen LogP) is 1.83. The fraction of sp³-hybridized carbons (Fsp3) is 0.667. The normalized spacial score (nSPS) is 20.0. The number of carbonyl (C=O) groups is 1. The Morgan fingerprint density at radius 1 is 1.48 bits per heavy atom. The molecule has 0 saturated carbocycles. The van der Waals surface area contributed by atoms with Crippen molar-refractivity contribution >= 4 is 11.7 Å². The van der Waals surface area contributed by atoms with Gasteiger partial charge in [0.2, 0.25) is 0 Å². The summed E-state index contributed by atoms with van der Waals surface area (Å²) in [4.78, 5) is 24.6. The number of likely N-dealkylation sites (N-methyl/N-ethyl adjacent to an activating group) is 1. The zero-order valence-electron chi connectivity index (χ0n) is 13.2. The molecule has 1 unspecified atom stereocenters. The number of aromatic nitrogens is 2. The van der Waals surface area contributed by atoms with Crippen LogP contribution in [0.15, 0.2) is 6.20 Å². The monoisotopic (exact) mass is 292 g/mol. The van der Waals surface area contributed by atoms with Gasteiger partial charge in [0.05, 0.1) is 11.9 Å². The van der Waals surface area contributed by atoms with Crippen molar-refractivity contribution in [3.8, 4) is 0 Å². The Labute approximate surface area is 125 Å². The number of carboxylic acid groups (broad SMARTS) is 1. The van der Waals surface area contributed by atoms with Crippen molar-refractivity contribution in [2.75, 3.05) is 31.1 Å². The van der Waals surface area contributed by atoms with Crippen LogP contribution in [0.4, 0.5) is 5.69 Å². The molecule has 0 spiro atoms. The molecule has 1 saturated heterocycles. The Kier molecular flexibility index (Phi) is 4.77. The van der Waals surface area contributed by atoms with Crippen molar-refractivity contribution in [2.24, 2.45) is 0 Å². The largest absolute Gasteiger partial charge is 0.476 e. The van der Waals surface area contributed by atoms with Crippen molar-refractivity contribution in [3.63, 3.8) is 0 Å². The first-order valence-electron chi connectivity index (χ1n) is 7.53. The van der Waals surface area contributed by atoms with Crippen LogP contribution < -0.4 is 4.90 Å². The number of hydrogen-bond acceptors (Lipinski definition) is 5. The molecule has 2 heterocycles. The van der Waals surface area contributed by atoms with Crippen LogP contribution in [0.2, 0.25) is 0 Å². The standard InChI is InChI=1S/C15H24N4O2/c1-5-18-6-7-19(9-11(18)4)12-8-16-14(10(2)3)17-13(12)15(20)21/h8,10-11H,5-7,9H2,1-4H3,(H,20,21). The summed E-state index contributed by atoms with van der Waals surface area (Å²) in [7, 11) is 0. The zero-order chi connectivity index (χ0) is 15.6. The Bertz CT molecular complexity index is 518. The van der Waals surface area contributed by atoms with Crippen molar-refractivity contribution in [1.82, 2.24) is 14.9 Å². The maximum atomic E-state index is 11.5. The number of nitrogens with zero attached hydrogens (tertiary/aromatic N) is 4. The van der Waals surface area contributed by atoms with Crippen LogP contribution in [0.3, 0.4) is 0 Å². The Morgan fingerprint density at radius 3 is 2.71 bits per heavy atom. The van der Waals surface area contributed by atoms with Gasteiger partial charge in [-0.15, -0.1) is 0 Å². The maximum absolute atomic E-state index is 11.5. The van der Waals surface area contributed by atoms with Gasteiger partial charge >= 0.3 is 5.97 Å². The second-order valence-corrected chi connectivity index (χ2v) is 5.85. The summed E-state index contributed by atoms with van der Waals surface area (Å²) >= 11 is 0. The van der Waals surface area contributed by atoms with E-state index in [1.54, 1.807) is 6.20 Å². The molecule has 0 aliphatic carbocycles. The van der Waals surface area contributed by atoms with Crippen molar-refractivity contribution in [2.45, 2.75) is 39.7 Å². The molecule has 1 aromatic heterocycles. The Balaban J connectivity index is 2.29. The minimum Gasteiger partial charge on any atom is -0.476 e. The van der Waals surface area contributed by atoms with Gasteiger partial charge < -0.3 is 10.0 Å². The molecule has 0 bridgehead atoms. The summed E-state index contributed by atoms with van der Waals surface area (Å²) < 4.78 is 0.